The summed E-state index contributed by atoms with van der Waals surface area (Å²) >= 11 is 0. The first-order chi connectivity index (χ1) is 13.2. The third-order valence-corrected chi connectivity index (χ3v) is 9.76. The van der Waals surface area contributed by atoms with Crippen LogP contribution in [-0.4, -0.2) is 18.2 Å². The monoisotopic (exact) mass is 412 g/mol. The summed E-state index contributed by atoms with van der Waals surface area (Å²) in [6, 6.07) is 31.9. The minimum atomic E-state index is -2.02. The van der Waals surface area contributed by atoms with Gasteiger partial charge in [0, 0.05) is 0 Å². The Hall–Kier alpha value is -2.15. The van der Waals surface area contributed by atoms with Crippen molar-refractivity contribution in [2.75, 3.05) is 6.61 Å². The highest BCUT2D eigenvalue weighted by Crippen LogP contribution is 2.60. The van der Waals surface area contributed by atoms with E-state index in [1.165, 1.54) is 15.9 Å². The Bertz CT molecular complexity index is 757. The quantitative estimate of drug-likeness (QED) is 0.432. The fourth-order valence-corrected chi connectivity index (χ4v) is 8.57. The molecule has 0 saturated heterocycles. The van der Waals surface area contributed by atoms with Gasteiger partial charge in [0.05, 0.1) is 18.7 Å². The van der Waals surface area contributed by atoms with Crippen LogP contribution in [0.25, 0.3) is 0 Å². The van der Waals surface area contributed by atoms with Crippen molar-refractivity contribution in [3.63, 3.8) is 0 Å². The van der Waals surface area contributed by atoms with Crippen molar-refractivity contribution < 1.29 is 21.9 Å². The van der Waals surface area contributed by atoms with Crippen LogP contribution in [0.1, 0.15) is 20.3 Å². The van der Waals surface area contributed by atoms with Crippen LogP contribution < -0.4 is 28.3 Å². The molecule has 3 aromatic rings. The number of ether oxygens (including phenoxy) is 1. The zero-order valence-electron chi connectivity index (χ0n) is 16.3. The summed E-state index contributed by atoms with van der Waals surface area (Å²) in [4.78, 5) is 12.4. The lowest BCUT2D eigenvalue weighted by molar-refractivity contribution is -0.143. The van der Waals surface area contributed by atoms with E-state index >= 15 is 0 Å². The average Bonchev–Trinajstić information content (AvgIpc) is 2.71. The van der Waals surface area contributed by atoms with Crippen LogP contribution in [0.2, 0.25) is 0 Å². The van der Waals surface area contributed by atoms with E-state index in [-0.39, 0.29) is 24.0 Å². The lowest BCUT2D eigenvalue weighted by Gasteiger charge is -2.32. The second-order valence-electron chi connectivity index (χ2n) is 6.59. The predicted octanol–water partition coefficient (Wildman–Crippen LogP) is 1.33. The molecule has 0 aromatic heterocycles. The molecule has 146 valence electrons. The van der Waals surface area contributed by atoms with Gasteiger partial charge in [0.2, 0.25) is 0 Å². The van der Waals surface area contributed by atoms with E-state index in [1.54, 1.807) is 0 Å². The van der Waals surface area contributed by atoms with Crippen LogP contribution in [0.3, 0.4) is 0 Å². The van der Waals surface area contributed by atoms with Crippen molar-refractivity contribution in [1.82, 2.24) is 0 Å². The van der Waals surface area contributed by atoms with Gasteiger partial charge in [0.25, 0.3) is 0 Å². The topological polar surface area (TPSA) is 26.3 Å². The predicted molar refractivity (Wildman–Crippen MR) is 116 cm³/mol. The van der Waals surface area contributed by atoms with E-state index in [2.05, 4.69) is 79.7 Å². The Morgan fingerprint density at radius 1 is 0.786 bits per heavy atom. The molecular weight excluding hydrogens is 387 g/mol. The van der Waals surface area contributed by atoms with Crippen LogP contribution in [0.5, 0.6) is 0 Å². The summed E-state index contributed by atoms with van der Waals surface area (Å²) in [5.74, 6) is -0.128. The normalized spacial score (nSPS) is 11.9. The minimum absolute atomic E-state index is 0. The highest BCUT2D eigenvalue weighted by atomic mass is 35.5. The molecule has 0 amide bonds. The molecule has 0 aliphatic carbocycles. The van der Waals surface area contributed by atoms with Crippen molar-refractivity contribution in [2.45, 2.75) is 25.9 Å². The summed E-state index contributed by atoms with van der Waals surface area (Å²) in [7, 11) is -2.02. The molecule has 0 saturated carbocycles. The molecule has 0 N–H and O–H groups in total. The molecule has 4 heteroatoms. The molecule has 0 aliphatic rings. The van der Waals surface area contributed by atoms with Gasteiger partial charge in [-0.15, -0.1) is 0 Å². The van der Waals surface area contributed by atoms with Gasteiger partial charge in [-0.05, 0) is 50.2 Å². The van der Waals surface area contributed by atoms with Crippen molar-refractivity contribution >= 4 is 29.1 Å². The van der Waals surface area contributed by atoms with Gasteiger partial charge in [-0.25, -0.2) is 0 Å². The van der Waals surface area contributed by atoms with Crippen LogP contribution in [0.15, 0.2) is 91.0 Å². The zero-order valence-corrected chi connectivity index (χ0v) is 17.9. The largest absolute Gasteiger partial charge is 1.00 e. The molecule has 0 heterocycles. The number of halogens is 1. The van der Waals surface area contributed by atoms with Crippen LogP contribution in [-0.2, 0) is 9.53 Å². The number of rotatable bonds is 7. The average molecular weight is 413 g/mol. The summed E-state index contributed by atoms with van der Waals surface area (Å²) in [5, 5.41) is 3.87. The summed E-state index contributed by atoms with van der Waals surface area (Å²) < 4.78 is 5.29. The molecule has 1 unspecified atom stereocenters. The third kappa shape index (κ3) is 4.46. The molecule has 3 aromatic carbocycles. The number of hydrogen-bond acceptors (Lipinski definition) is 2. The van der Waals surface area contributed by atoms with Gasteiger partial charge in [0.15, 0.2) is 0 Å². The number of benzene rings is 3. The highest BCUT2D eigenvalue weighted by molar-refractivity contribution is 7.96. The molecule has 0 radical (unpaired) electrons. The standard InChI is InChI=1S/C24H26O2P.ClH/c1-3-26-24(25)19-20(2)27(21-13-7-4-8-14-21,22-15-9-5-10-16-22)23-17-11-6-12-18-23;/h4-18,20H,3,19H2,1-2H3;1H/q+1;/p-1. The first-order valence-electron chi connectivity index (χ1n) is 9.40. The maximum Gasteiger partial charge on any atom is 0.309 e. The molecule has 0 bridgehead atoms. The van der Waals surface area contributed by atoms with Gasteiger partial charge >= 0.3 is 5.97 Å². The molecule has 2 nitrogen and oxygen atoms in total. The fourth-order valence-electron chi connectivity index (χ4n) is 3.80. The van der Waals surface area contributed by atoms with E-state index in [0.29, 0.717) is 13.0 Å². The highest BCUT2D eigenvalue weighted by Gasteiger charge is 2.50. The maximum atomic E-state index is 12.4. The van der Waals surface area contributed by atoms with Gasteiger partial charge in [-0.2, -0.15) is 0 Å². The Morgan fingerprint density at radius 2 is 1.14 bits per heavy atom. The smallest absolute Gasteiger partial charge is 0.309 e. The van der Waals surface area contributed by atoms with Crippen molar-refractivity contribution in [3.8, 4) is 0 Å². The van der Waals surface area contributed by atoms with E-state index in [0.717, 1.165) is 0 Å². The molecule has 0 spiro atoms. The Kier molecular flexibility index (Phi) is 8.23. The third-order valence-electron chi connectivity index (χ3n) is 4.92. The first kappa shape index (κ1) is 22.1. The van der Waals surface area contributed by atoms with Crippen LogP contribution in [0.4, 0.5) is 0 Å². The van der Waals surface area contributed by atoms with Crippen molar-refractivity contribution in [3.05, 3.63) is 91.0 Å². The van der Waals surface area contributed by atoms with Crippen LogP contribution >= 0.6 is 7.26 Å². The lowest BCUT2D eigenvalue weighted by Crippen LogP contribution is -3.00. The summed E-state index contributed by atoms with van der Waals surface area (Å²) in [6.07, 6.45) is 0.403. The Morgan fingerprint density at radius 3 is 1.46 bits per heavy atom. The zero-order chi connectivity index (χ0) is 19.1. The Labute approximate surface area is 174 Å². The molecule has 0 aliphatic heterocycles. The van der Waals surface area contributed by atoms with Crippen LogP contribution in [0, 0.1) is 0 Å². The first-order valence-corrected chi connectivity index (χ1v) is 11.3. The van der Waals surface area contributed by atoms with Gasteiger partial charge in [0.1, 0.15) is 23.2 Å². The van der Waals surface area contributed by atoms with E-state index in [1.807, 2.05) is 25.1 Å². The SMILES string of the molecule is CCOC(=O)CC(C)[P+](c1ccccc1)(c1ccccc1)c1ccccc1.[Cl-]. The van der Waals surface area contributed by atoms with E-state index in [9.17, 15) is 4.79 Å². The number of hydrogen-bond donors (Lipinski definition) is 0. The second kappa shape index (κ2) is 10.4. The van der Waals surface area contributed by atoms with Gasteiger partial charge < -0.3 is 17.1 Å². The Balaban J connectivity index is 0.00000280. The number of carbonyl (C=O) groups is 1. The molecule has 1 atom stereocenters. The van der Waals surface area contributed by atoms with Gasteiger partial charge in [-0.1, -0.05) is 54.6 Å². The van der Waals surface area contributed by atoms with E-state index in [4.69, 9.17) is 4.74 Å². The van der Waals surface area contributed by atoms with Gasteiger partial charge in [-0.3, -0.25) is 4.79 Å². The second-order valence-corrected chi connectivity index (χ2v) is 10.5. The van der Waals surface area contributed by atoms with Crippen molar-refractivity contribution in [1.29, 1.82) is 0 Å². The van der Waals surface area contributed by atoms with Crippen molar-refractivity contribution in [2.24, 2.45) is 0 Å². The maximum absolute atomic E-state index is 12.4. The molecule has 3 rings (SSSR count). The number of carbonyl (C=O) groups excluding carboxylic acids is 1. The summed E-state index contributed by atoms with van der Waals surface area (Å²) in [5.41, 5.74) is 0.128. The molecule has 0 fully saturated rings. The summed E-state index contributed by atoms with van der Waals surface area (Å²) in [6.45, 7) is 4.47. The number of esters is 1. The minimum Gasteiger partial charge on any atom is -1.00 e. The molecular formula is C24H26ClO2P. The fraction of sp³-hybridized carbons (Fsp3) is 0.208. The lowest BCUT2D eigenvalue weighted by atomic mass is 10.3. The molecule has 28 heavy (non-hydrogen) atoms. The van der Waals surface area contributed by atoms with E-state index < -0.39 is 7.26 Å².